The van der Waals surface area contributed by atoms with E-state index in [9.17, 15) is 0 Å². The zero-order chi connectivity index (χ0) is 10.8. The van der Waals surface area contributed by atoms with Crippen LogP contribution in [-0.2, 0) is 0 Å². The van der Waals surface area contributed by atoms with Gasteiger partial charge in [0, 0.05) is 18.7 Å². The highest BCUT2D eigenvalue weighted by molar-refractivity contribution is 5.72. The van der Waals surface area contributed by atoms with Gasteiger partial charge >= 0.3 is 0 Å². The average molecular weight is 202 g/mol. The van der Waals surface area contributed by atoms with E-state index in [0.29, 0.717) is 5.92 Å². The van der Waals surface area contributed by atoms with Crippen molar-refractivity contribution in [2.75, 3.05) is 17.2 Å². The van der Waals surface area contributed by atoms with Crippen LogP contribution >= 0.6 is 0 Å². The molecule has 2 rings (SSSR count). The Labute approximate surface area is 91.4 Å². The minimum absolute atomic E-state index is 0.564. The quantitative estimate of drug-likeness (QED) is 0.727. The molecule has 1 heterocycles. The summed E-state index contributed by atoms with van der Waals surface area (Å²) in [6.07, 6.45) is 0.978. The van der Waals surface area contributed by atoms with Crippen LogP contribution < -0.4 is 10.6 Å². The number of hydrogen-bond donors (Lipinski definition) is 2. The maximum absolute atomic E-state index is 4.00. The summed E-state index contributed by atoms with van der Waals surface area (Å²) in [5.41, 5.74) is 4.78. The molecular formula is C13H18N2. The largest absolute Gasteiger partial charge is 0.383 e. The summed E-state index contributed by atoms with van der Waals surface area (Å²) >= 11 is 0. The molecule has 1 aromatic carbocycles. The minimum atomic E-state index is 0.564. The van der Waals surface area contributed by atoms with Gasteiger partial charge in [0.05, 0.1) is 11.4 Å². The fraction of sp³-hybridized carbons (Fsp3) is 0.385. The van der Waals surface area contributed by atoms with Crippen molar-refractivity contribution in [3.8, 4) is 0 Å². The Hall–Kier alpha value is -1.44. The lowest BCUT2D eigenvalue weighted by atomic mass is 10.0. The number of rotatable bonds is 1. The predicted molar refractivity (Wildman–Crippen MR) is 66.4 cm³/mol. The van der Waals surface area contributed by atoms with E-state index in [-0.39, 0.29) is 0 Å². The van der Waals surface area contributed by atoms with Crippen molar-refractivity contribution in [2.24, 2.45) is 0 Å². The van der Waals surface area contributed by atoms with Crippen molar-refractivity contribution in [3.63, 3.8) is 0 Å². The molecule has 2 nitrogen and oxygen atoms in total. The van der Waals surface area contributed by atoms with Crippen LogP contribution in [0, 0.1) is 0 Å². The van der Waals surface area contributed by atoms with E-state index < -0.39 is 0 Å². The van der Waals surface area contributed by atoms with Gasteiger partial charge in [0.25, 0.3) is 0 Å². The van der Waals surface area contributed by atoms with Crippen LogP contribution in [0.25, 0.3) is 0 Å². The fourth-order valence-electron chi connectivity index (χ4n) is 1.78. The van der Waals surface area contributed by atoms with Gasteiger partial charge in [0.1, 0.15) is 0 Å². The summed E-state index contributed by atoms with van der Waals surface area (Å²) in [6.45, 7) is 9.37. The van der Waals surface area contributed by atoms with Crippen LogP contribution in [0.1, 0.15) is 31.7 Å². The molecule has 0 amide bonds. The molecule has 15 heavy (non-hydrogen) atoms. The number of hydrogen-bond acceptors (Lipinski definition) is 2. The molecule has 0 atom stereocenters. The lowest BCUT2D eigenvalue weighted by Crippen LogP contribution is -1.99. The molecule has 0 fully saturated rings. The SMILES string of the molecule is C=C1CCNc2ccc(C(C)C)cc2N1. The number of benzene rings is 1. The lowest BCUT2D eigenvalue weighted by molar-refractivity contribution is 0.867. The second-order valence-electron chi connectivity index (χ2n) is 4.37. The Kier molecular flexibility index (Phi) is 2.67. The number of nitrogens with one attached hydrogen (secondary N) is 2. The van der Waals surface area contributed by atoms with E-state index >= 15 is 0 Å². The predicted octanol–water partition coefficient (Wildman–Crippen LogP) is 3.55. The number of anilines is 2. The monoisotopic (exact) mass is 202 g/mol. The maximum atomic E-state index is 4.00. The van der Waals surface area contributed by atoms with Crippen LogP contribution in [-0.4, -0.2) is 6.54 Å². The van der Waals surface area contributed by atoms with Crippen LogP contribution in [0.3, 0.4) is 0 Å². The maximum Gasteiger partial charge on any atom is 0.0620 e. The summed E-state index contributed by atoms with van der Waals surface area (Å²) in [6, 6.07) is 6.55. The molecule has 0 saturated carbocycles. The van der Waals surface area contributed by atoms with E-state index in [1.807, 2.05) is 0 Å². The highest BCUT2D eigenvalue weighted by Gasteiger charge is 2.10. The van der Waals surface area contributed by atoms with Crippen molar-refractivity contribution in [3.05, 3.63) is 36.0 Å². The average Bonchev–Trinajstić information content (AvgIpc) is 2.37. The first-order valence-corrected chi connectivity index (χ1v) is 5.49. The summed E-state index contributed by atoms with van der Waals surface area (Å²) in [4.78, 5) is 0. The number of fused-ring (bicyclic) bond motifs is 1. The summed E-state index contributed by atoms with van der Waals surface area (Å²) in [7, 11) is 0. The molecule has 2 heteroatoms. The van der Waals surface area contributed by atoms with E-state index in [2.05, 4.69) is 49.3 Å². The highest BCUT2D eigenvalue weighted by Crippen LogP contribution is 2.29. The van der Waals surface area contributed by atoms with Gasteiger partial charge in [-0.2, -0.15) is 0 Å². The molecule has 80 valence electrons. The third kappa shape index (κ3) is 2.14. The van der Waals surface area contributed by atoms with Gasteiger partial charge in [0.2, 0.25) is 0 Å². The van der Waals surface area contributed by atoms with Crippen molar-refractivity contribution >= 4 is 11.4 Å². The van der Waals surface area contributed by atoms with Crippen molar-refractivity contribution in [1.29, 1.82) is 0 Å². The molecule has 1 aliphatic rings. The third-order valence-corrected chi connectivity index (χ3v) is 2.76. The Morgan fingerprint density at radius 1 is 1.27 bits per heavy atom. The van der Waals surface area contributed by atoms with Crippen LogP contribution in [0.4, 0.5) is 11.4 Å². The molecule has 0 aliphatic carbocycles. The van der Waals surface area contributed by atoms with Gasteiger partial charge in [-0.1, -0.05) is 26.5 Å². The second kappa shape index (κ2) is 3.97. The summed E-state index contributed by atoms with van der Waals surface area (Å²) in [5.74, 6) is 0.564. The first kappa shape index (κ1) is 10.1. The van der Waals surface area contributed by atoms with Crippen molar-refractivity contribution < 1.29 is 0 Å². The van der Waals surface area contributed by atoms with Gasteiger partial charge in [-0.05, 0) is 23.6 Å². The standard InChI is InChI=1S/C13H18N2/c1-9(2)11-4-5-12-13(8-11)15-10(3)6-7-14-12/h4-5,8-9,14-15H,3,6-7H2,1-2H3. The van der Waals surface area contributed by atoms with E-state index in [1.165, 1.54) is 11.3 Å². The van der Waals surface area contributed by atoms with E-state index in [4.69, 9.17) is 0 Å². The molecule has 1 aliphatic heterocycles. The van der Waals surface area contributed by atoms with E-state index in [1.54, 1.807) is 0 Å². The Morgan fingerprint density at radius 2 is 2.07 bits per heavy atom. The molecule has 2 N–H and O–H groups in total. The minimum Gasteiger partial charge on any atom is -0.383 e. The zero-order valence-electron chi connectivity index (χ0n) is 9.43. The van der Waals surface area contributed by atoms with Gasteiger partial charge < -0.3 is 10.6 Å². The second-order valence-corrected chi connectivity index (χ2v) is 4.37. The molecule has 1 aromatic rings. The Balaban J connectivity index is 2.37. The van der Waals surface area contributed by atoms with Gasteiger partial charge in [-0.15, -0.1) is 0 Å². The zero-order valence-corrected chi connectivity index (χ0v) is 9.43. The smallest absolute Gasteiger partial charge is 0.0620 e. The molecule has 0 aromatic heterocycles. The molecule has 0 bridgehead atoms. The van der Waals surface area contributed by atoms with Gasteiger partial charge in [-0.3, -0.25) is 0 Å². The molecule has 0 saturated heterocycles. The fourth-order valence-corrected chi connectivity index (χ4v) is 1.78. The molecule has 0 radical (unpaired) electrons. The third-order valence-electron chi connectivity index (χ3n) is 2.76. The Bertz CT molecular complexity index is 380. The lowest BCUT2D eigenvalue weighted by Gasteiger charge is -2.12. The molecule has 0 unspecified atom stereocenters. The van der Waals surface area contributed by atoms with E-state index in [0.717, 1.165) is 24.4 Å². The van der Waals surface area contributed by atoms with Crippen LogP contribution in [0.2, 0.25) is 0 Å². The van der Waals surface area contributed by atoms with Gasteiger partial charge in [0.15, 0.2) is 0 Å². The van der Waals surface area contributed by atoms with Crippen LogP contribution in [0.5, 0.6) is 0 Å². The van der Waals surface area contributed by atoms with Crippen molar-refractivity contribution in [2.45, 2.75) is 26.2 Å². The Morgan fingerprint density at radius 3 is 2.80 bits per heavy atom. The topological polar surface area (TPSA) is 24.1 Å². The summed E-state index contributed by atoms with van der Waals surface area (Å²) in [5, 5.41) is 6.76. The molecule has 0 spiro atoms. The van der Waals surface area contributed by atoms with Gasteiger partial charge in [-0.25, -0.2) is 0 Å². The first-order chi connectivity index (χ1) is 7.16. The van der Waals surface area contributed by atoms with Crippen molar-refractivity contribution in [1.82, 2.24) is 0 Å². The highest BCUT2D eigenvalue weighted by atomic mass is 15.0. The molecular weight excluding hydrogens is 184 g/mol. The van der Waals surface area contributed by atoms with Crippen LogP contribution in [0.15, 0.2) is 30.5 Å². The first-order valence-electron chi connectivity index (χ1n) is 5.49. The summed E-state index contributed by atoms with van der Waals surface area (Å²) < 4.78 is 0. The normalized spacial score (nSPS) is 15.3.